The fraction of sp³-hybridized carbons (Fsp3) is 0.400. The smallest absolute Gasteiger partial charge is 0.262 e. The van der Waals surface area contributed by atoms with Crippen LogP contribution >= 0.6 is 22.9 Å². The average Bonchev–Trinajstić information content (AvgIpc) is 3.01. The highest BCUT2D eigenvalue weighted by molar-refractivity contribution is 7.21. The Morgan fingerprint density at radius 2 is 2.20 bits per heavy atom. The second kappa shape index (κ2) is 5.72. The van der Waals surface area contributed by atoms with Gasteiger partial charge in [-0.05, 0) is 31.2 Å². The van der Waals surface area contributed by atoms with E-state index in [1.165, 1.54) is 11.3 Å². The lowest BCUT2D eigenvalue weighted by Gasteiger charge is -2.10. The topological polar surface area (TPSA) is 49.3 Å². The molecule has 0 saturated heterocycles. The summed E-state index contributed by atoms with van der Waals surface area (Å²) in [5.74, 6) is 0.264. The first-order valence-corrected chi connectivity index (χ1v) is 7.98. The van der Waals surface area contributed by atoms with E-state index in [4.69, 9.17) is 11.6 Å². The largest absolute Gasteiger partial charge is 0.393 e. The number of nitrogens with one attached hydrogen (secondary N) is 1. The van der Waals surface area contributed by atoms with Gasteiger partial charge in [0.25, 0.3) is 5.91 Å². The number of hydrogen-bond donors (Lipinski definition) is 2. The fourth-order valence-electron chi connectivity index (χ4n) is 2.71. The molecule has 1 aliphatic rings. The van der Waals surface area contributed by atoms with E-state index in [-0.39, 0.29) is 12.0 Å². The van der Waals surface area contributed by atoms with Gasteiger partial charge >= 0.3 is 0 Å². The van der Waals surface area contributed by atoms with Crippen LogP contribution in [0.3, 0.4) is 0 Å². The molecular formula is C15H16ClNO2S. The lowest BCUT2D eigenvalue weighted by molar-refractivity contribution is 0.0949. The Hall–Kier alpha value is -1.10. The van der Waals surface area contributed by atoms with Crippen molar-refractivity contribution in [1.29, 1.82) is 0 Å². The maximum atomic E-state index is 12.2. The number of thiophene rings is 1. The third-order valence-electron chi connectivity index (χ3n) is 3.81. The Bertz CT molecular complexity index is 640. The monoisotopic (exact) mass is 309 g/mol. The normalized spacial score (nSPS) is 22.3. The first-order valence-electron chi connectivity index (χ1n) is 6.78. The lowest BCUT2D eigenvalue weighted by Crippen LogP contribution is -2.28. The number of aliphatic hydroxyl groups is 1. The molecule has 1 heterocycles. The highest BCUT2D eigenvalue weighted by Crippen LogP contribution is 2.35. The lowest BCUT2D eigenvalue weighted by atomic mass is 10.1. The first kappa shape index (κ1) is 13.9. The van der Waals surface area contributed by atoms with Gasteiger partial charge in [-0.15, -0.1) is 11.3 Å². The van der Waals surface area contributed by atoms with E-state index < -0.39 is 0 Å². The molecule has 1 aliphatic carbocycles. The summed E-state index contributed by atoms with van der Waals surface area (Å²) in [4.78, 5) is 12.8. The highest BCUT2D eigenvalue weighted by Gasteiger charge is 2.24. The Morgan fingerprint density at radius 1 is 1.40 bits per heavy atom. The quantitative estimate of drug-likeness (QED) is 0.912. The van der Waals surface area contributed by atoms with Crippen LogP contribution in [0.5, 0.6) is 0 Å². The zero-order valence-electron chi connectivity index (χ0n) is 10.9. The van der Waals surface area contributed by atoms with Crippen LogP contribution in [0.2, 0.25) is 5.02 Å². The molecule has 1 fully saturated rings. The van der Waals surface area contributed by atoms with E-state index >= 15 is 0 Å². The molecule has 1 aromatic heterocycles. The maximum absolute atomic E-state index is 12.2. The minimum absolute atomic E-state index is 0.113. The summed E-state index contributed by atoms with van der Waals surface area (Å²) in [5.41, 5.74) is 0. The van der Waals surface area contributed by atoms with Gasteiger partial charge in [-0.3, -0.25) is 4.79 Å². The molecule has 2 aromatic rings. The summed E-state index contributed by atoms with van der Waals surface area (Å²) >= 11 is 7.70. The van der Waals surface area contributed by atoms with Gasteiger partial charge < -0.3 is 10.4 Å². The molecule has 0 bridgehead atoms. The number of carbonyl (C=O) groups is 1. The average molecular weight is 310 g/mol. The summed E-state index contributed by atoms with van der Waals surface area (Å²) in [6.07, 6.45) is 2.39. The van der Waals surface area contributed by atoms with Crippen molar-refractivity contribution in [3.05, 3.63) is 34.2 Å². The van der Waals surface area contributed by atoms with Crippen molar-refractivity contribution in [2.24, 2.45) is 5.92 Å². The van der Waals surface area contributed by atoms with E-state index in [0.29, 0.717) is 22.4 Å². The van der Waals surface area contributed by atoms with Crippen LogP contribution in [0.25, 0.3) is 10.1 Å². The molecule has 3 rings (SSSR count). The van der Waals surface area contributed by atoms with E-state index in [9.17, 15) is 9.90 Å². The van der Waals surface area contributed by atoms with Crippen molar-refractivity contribution in [2.45, 2.75) is 25.4 Å². The number of carbonyl (C=O) groups excluding carboxylic acids is 1. The molecule has 0 spiro atoms. The standard InChI is InChI=1S/C15H16ClNO2S/c16-13-11-3-1-2-4-12(11)20-14(13)15(19)17-8-9-5-6-10(18)7-9/h1-4,9-10,18H,5-8H2,(H,17,19). The van der Waals surface area contributed by atoms with Gasteiger partial charge in [-0.2, -0.15) is 0 Å². The number of aliphatic hydroxyl groups excluding tert-OH is 1. The van der Waals surface area contributed by atoms with Crippen molar-refractivity contribution >= 4 is 38.9 Å². The summed E-state index contributed by atoms with van der Waals surface area (Å²) in [5, 5.41) is 13.9. The van der Waals surface area contributed by atoms with Gasteiger partial charge in [0.2, 0.25) is 0 Å². The number of amides is 1. The zero-order chi connectivity index (χ0) is 14.1. The molecule has 1 saturated carbocycles. The van der Waals surface area contributed by atoms with Crippen LogP contribution in [-0.4, -0.2) is 23.7 Å². The number of hydrogen-bond acceptors (Lipinski definition) is 3. The third-order valence-corrected chi connectivity index (χ3v) is 5.48. The Kier molecular flexibility index (Phi) is 3.96. The molecule has 20 heavy (non-hydrogen) atoms. The second-order valence-corrected chi connectivity index (χ2v) is 6.71. The molecule has 2 unspecified atom stereocenters. The first-order chi connectivity index (χ1) is 9.65. The van der Waals surface area contributed by atoms with Crippen molar-refractivity contribution in [1.82, 2.24) is 5.32 Å². The molecular weight excluding hydrogens is 294 g/mol. The second-order valence-electron chi connectivity index (χ2n) is 5.28. The predicted octanol–water partition coefficient (Wildman–Crippen LogP) is 3.45. The van der Waals surface area contributed by atoms with E-state index in [1.54, 1.807) is 0 Å². The third kappa shape index (κ3) is 2.68. The van der Waals surface area contributed by atoms with Gasteiger partial charge in [-0.1, -0.05) is 29.8 Å². The highest BCUT2D eigenvalue weighted by atomic mass is 35.5. The van der Waals surface area contributed by atoms with Crippen molar-refractivity contribution in [2.75, 3.05) is 6.54 Å². The molecule has 106 valence electrons. The van der Waals surface area contributed by atoms with Crippen molar-refractivity contribution in [3.8, 4) is 0 Å². The summed E-state index contributed by atoms with van der Waals surface area (Å²) in [7, 11) is 0. The Labute approximate surface area is 126 Å². The predicted molar refractivity (Wildman–Crippen MR) is 82.5 cm³/mol. The van der Waals surface area contributed by atoms with Crippen LogP contribution < -0.4 is 5.32 Å². The Balaban J connectivity index is 1.71. The minimum Gasteiger partial charge on any atom is -0.393 e. The van der Waals surface area contributed by atoms with Crippen LogP contribution in [0.15, 0.2) is 24.3 Å². The molecule has 2 N–H and O–H groups in total. The summed E-state index contributed by atoms with van der Waals surface area (Å²) < 4.78 is 1.03. The van der Waals surface area contributed by atoms with E-state index in [1.807, 2.05) is 24.3 Å². The zero-order valence-corrected chi connectivity index (χ0v) is 12.5. The van der Waals surface area contributed by atoms with E-state index in [0.717, 1.165) is 29.3 Å². The molecule has 1 amide bonds. The SMILES string of the molecule is O=C(NCC1CCC(O)C1)c1sc2ccccc2c1Cl. The molecule has 2 atom stereocenters. The number of benzene rings is 1. The molecule has 1 aromatic carbocycles. The molecule has 0 radical (unpaired) electrons. The van der Waals surface area contributed by atoms with Crippen LogP contribution in [0, 0.1) is 5.92 Å². The maximum Gasteiger partial charge on any atom is 0.262 e. The molecule has 3 nitrogen and oxygen atoms in total. The van der Waals surface area contributed by atoms with Gasteiger partial charge in [0.1, 0.15) is 4.88 Å². The summed E-state index contributed by atoms with van der Waals surface area (Å²) in [6.45, 7) is 0.612. The van der Waals surface area contributed by atoms with Gasteiger partial charge in [0, 0.05) is 16.6 Å². The van der Waals surface area contributed by atoms with Gasteiger partial charge in [0.15, 0.2) is 0 Å². The van der Waals surface area contributed by atoms with Gasteiger partial charge in [0.05, 0.1) is 11.1 Å². The van der Waals surface area contributed by atoms with E-state index in [2.05, 4.69) is 5.32 Å². The van der Waals surface area contributed by atoms with Gasteiger partial charge in [-0.25, -0.2) is 0 Å². The minimum atomic E-state index is -0.204. The van der Waals surface area contributed by atoms with Crippen molar-refractivity contribution < 1.29 is 9.90 Å². The molecule has 0 aliphatic heterocycles. The number of halogens is 1. The summed E-state index contributed by atoms with van der Waals surface area (Å²) in [6, 6.07) is 7.76. The number of rotatable bonds is 3. The Morgan fingerprint density at radius 3 is 2.90 bits per heavy atom. The molecule has 5 heteroatoms. The van der Waals surface area contributed by atoms with Crippen LogP contribution in [0.4, 0.5) is 0 Å². The number of fused-ring (bicyclic) bond motifs is 1. The van der Waals surface area contributed by atoms with Crippen LogP contribution in [-0.2, 0) is 0 Å². The van der Waals surface area contributed by atoms with Crippen LogP contribution in [0.1, 0.15) is 28.9 Å². The van der Waals surface area contributed by atoms with Crippen molar-refractivity contribution in [3.63, 3.8) is 0 Å². The fourth-order valence-corrected chi connectivity index (χ4v) is 4.14.